The van der Waals surface area contributed by atoms with E-state index in [1.165, 1.54) is 0 Å². The number of carbonyl (C=O) groups is 2. The van der Waals surface area contributed by atoms with Crippen molar-refractivity contribution in [2.45, 2.75) is 26.3 Å². The van der Waals surface area contributed by atoms with Crippen LogP contribution in [0, 0.1) is 6.92 Å². The summed E-state index contributed by atoms with van der Waals surface area (Å²) in [4.78, 5) is 43.1. The van der Waals surface area contributed by atoms with Gasteiger partial charge in [0.2, 0.25) is 5.91 Å². The topological polar surface area (TPSA) is 97.8 Å². The molecular weight excluding hydrogens is 554 g/mol. The van der Waals surface area contributed by atoms with Gasteiger partial charge in [0, 0.05) is 82.4 Å². The minimum absolute atomic E-state index is 0.0210. The van der Waals surface area contributed by atoms with E-state index >= 15 is 0 Å². The average Bonchev–Trinajstić information content (AvgIpc) is 3.06. The van der Waals surface area contributed by atoms with Gasteiger partial charge in [-0.2, -0.15) is 0 Å². The second-order valence-electron chi connectivity index (χ2n) is 11.0. The molecule has 0 N–H and O–H groups in total. The van der Waals surface area contributed by atoms with Gasteiger partial charge in [0.15, 0.2) is 5.78 Å². The molecule has 1 aliphatic heterocycles. The molecule has 9 heteroatoms. The van der Waals surface area contributed by atoms with Crippen LogP contribution in [0.2, 0.25) is 0 Å². The first-order valence-electron chi connectivity index (χ1n) is 15.0. The van der Waals surface area contributed by atoms with Crippen molar-refractivity contribution in [1.29, 1.82) is 0 Å². The third-order valence-corrected chi connectivity index (χ3v) is 7.85. The van der Waals surface area contributed by atoms with Crippen LogP contribution in [0.15, 0.2) is 79.3 Å². The van der Waals surface area contributed by atoms with Gasteiger partial charge in [-0.25, -0.2) is 9.97 Å². The number of aromatic nitrogens is 3. The molecule has 2 aromatic carbocycles. The van der Waals surface area contributed by atoms with Crippen molar-refractivity contribution >= 4 is 11.7 Å². The summed E-state index contributed by atoms with van der Waals surface area (Å²) in [6.45, 7) is 6.83. The van der Waals surface area contributed by atoms with Gasteiger partial charge in [-0.05, 0) is 47.4 Å². The van der Waals surface area contributed by atoms with Gasteiger partial charge in [0.25, 0.3) is 0 Å². The maximum Gasteiger partial charge on any atom is 0.248 e. The SMILES string of the molecule is COCCOCC(=O)N1CCN(Cc2ccc(C(=O)Cc3ccc(C)c(Cc4nccc(-c5cccnc5)n4)c3)cc2)CC1. The number of pyridine rings is 1. The molecule has 228 valence electrons. The number of ketones is 1. The third kappa shape index (κ3) is 8.63. The number of nitrogens with zero attached hydrogens (tertiary/aromatic N) is 5. The van der Waals surface area contributed by atoms with E-state index in [0.717, 1.165) is 59.0 Å². The number of rotatable bonds is 13. The molecule has 1 saturated heterocycles. The second-order valence-corrected chi connectivity index (χ2v) is 11.0. The van der Waals surface area contributed by atoms with Crippen molar-refractivity contribution < 1.29 is 19.1 Å². The van der Waals surface area contributed by atoms with Crippen LogP contribution in [0.4, 0.5) is 0 Å². The molecule has 1 amide bonds. The molecule has 0 radical (unpaired) electrons. The van der Waals surface area contributed by atoms with E-state index in [4.69, 9.17) is 14.5 Å². The number of benzene rings is 2. The van der Waals surface area contributed by atoms with Crippen LogP contribution in [0.5, 0.6) is 0 Å². The summed E-state index contributed by atoms with van der Waals surface area (Å²) < 4.78 is 10.3. The first kappa shape index (κ1) is 31.1. The second kappa shape index (κ2) is 15.4. The fraction of sp³-hybridized carbons (Fsp3) is 0.343. The van der Waals surface area contributed by atoms with Crippen LogP contribution in [0.1, 0.15) is 38.4 Å². The first-order chi connectivity index (χ1) is 21.5. The molecule has 4 aromatic rings. The monoisotopic (exact) mass is 593 g/mol. The van der Waals surface area contributed by atoms with Crippen LogP contribution in [-0.4, -0.2) is 89.6 Å². The molecule has 9 nitrogen and oxygen atoms in total. The Morgan fingerprint density at radius 2 is 1.70 bits per heavy atom. The highest BCUT2D eigenvalue weighted by atomic mass is 16.5. The van der Waals surface area contributed by atoms with E-state index in [0.29, 0.717) is 44.7 Å². The molecule has 0 unspecified atom stereocenters. The molecule has 44 heavy (non-hydrogen) atoms. The Bertz CT molecular complexity index is 1540. The minimum Gasteiger partial charge on any atom is -0.382 e. The number of methoxy groups -OCH3 is 1. The summed E-state index contributed by atoms with van der Waals surface area (Å²) in [6, 6.07) is 19.8. The molecule has 0 atom stereocenters. The van der Waals surface area contributed by atoms with Gasteiger partial charge in [0.05, 0.1) is 18.9 Å². The summed E-state index contributed by atoms with van der Waals surface area (Å²) in [6.07, 6.45) is 6.23. The quantitative estimate of drug-likeness (QED) is 0.168. The number of hydrogen-bond acceptors (Lipinski definition) is 8. The van der Waals surface area contributed by atoms with Crippen LogP contribution in [0.3, 0.4) is 0 Å². The lowest BCUT2D eigenvalue weighted by atomic mass is 9.97. The van der Waals surface area contributed by atoms with Crippen molar-refractivity contribution in [2.24, 2.45) is 0 Å². The van der Waals surface area contributed by atoms with Crippen LogP contribution in [0.25, 0.3) is 11.3 Å². The molecule has 0 aliphatic carbocycles. The standard InChI is InChI=1S/C35H39N5O4/c1-26-5-6-28(20-31(26)22-34-37-13-11-32(38-34)30-4-3-12-36-23-30)21-33(41)29-9-7-27(8-10-29)24-39-14-16-40(17-15-39)35(42)25-44-19-18-43-2/h3-13,20,23H,14-19,21-22,24-25H2,1-2H3. The number of aryl methyl sites for hydroxylation is 1. The van der Waals surface area contributed by atoms with Crippen molar-refractivity contribution in [3.8, 4) is 11.3 Å². The van der Waals surface area contributed by atoms with Crippen molar-refractivity contribution in [3.05, 3.63) is 113 Å². The third-order valence-electron chi connectivity index (χ3n) is 7.85. The lowest BCUT2D eigenvalue weighted by molar-refractivity contribution is -0.138. The Labute approximate surface area is 258 Å². The van der Waals surface area contributed by atoms with Crippen molar-refractivity contribution in [2.75, 3.05) is 53.1 Å². The van der Waals surface area contributed by atoms with Gasteiger partial charge in [-0.1, -0.05) is 42.5 Å². The molecular formula is C35H39N5O4. The summed E-state index contributed by atoms with van der Waals surface area (Å²) in [5.74, 6) is 0.835. The number of ether oxygens (including phenoxy) is 2. The molecule has 0 bridgehead atoms. The van der Waals surface area contributed by atoms with E-state index in [-0.39, 0.29) is 18.3 Å². The maximum absolute atomic E-state index is 13.2. The van der Waals surface area contributed by atoms with E-state index in [1.807, 2.05) is 53.4 Å². The number of hydrogen-bond donors (Lipinski definition) is 0. The van der Waals surface area contributed by atoms with Gasteiger partial charge in [-0.3, -0.25) is 19.5 Å². The largest absolute Gasteiger partial charge is 0.382 e. The highest BCUT2D eigenvalue weighted by molar-refractivity contribution is 5.97. The van der Waals surface area contributed by atoms with Crippen molar-refractivity contribution in [1.82, 2.24) is 24.8 Å². The molecule has 5 rings (SSSR count). The Kier molecular flexibility index (Phi) is 10.9. The summed E-state index contributed by atoms with van der Waals surface area (Å²) in [7, 11) is 1.61. The molecule has 1 aliphatic rings. The molecule has 0 spiro atoms. The molecule has 1 fully saturated rings. The Morgan fingerprint density at radius 1 is 0.909 bits per heavy atom. The lowest BCUT2D eigenvalue weighted by Crippen LogP contribution is -2.49. The average molecular weight is 594 g/mol. The van der Waals surface area contributed by atoms with E-state index in [2.05, 4.69) is 33.9 Å². The van der Waals surface area contributed by atoms with Gasteiger partial charge in [0.1, 0.15) is 12.4 Å². The minimum atomic E-state index is 0.0210. The van der Waals surface area contributed by atoms with Gasteiger partial charge in [-0.15, -0.1) is 0 Å². The number of Topliss-reactive ketones (excluding diaryl/α,β-unsaturated/α-hetero) is 1. The zero-order chi connectivity index (χ0) is 30.7. The van der Waals surface area contributed by atoms with Crippen LogP contribution < -0.4 is 0 Å². The van der Waals surface area contributed by atoms with Crippen LogP contribution >= 0.6 is 0 Å². The van der Waals surface area contributed by atoms with Gasteiger partial charge < -0.3 is 14.4 Å². The zero-order valence-corrected chi connectivity index (χ0v) is 25.4. The number of carbonyl (C=O) groups excluding carboxylic acids is 2. The molecule has 2 aromatic heterocycles. The van der Waals surface area contributed by atoms with E-state index in [1.54, 1.807) is 25.7 Å². The smallest absolute Gasteiger partial charge is 0.248 e. The summed E-state index contributed by atoms with van der Waals surface area (Å²) in [5.41, 5.74) is 6.86. The number of amides is 1. The predicted octanol–water partition coefficient (Wildman–Crippen LogP) is 4.17. The van der Waals surface area contributed by atoms with Crippen molar-refractivity contribution in [3.63, 3.8) is 0 Å². The van der Waals surface area contributed by atoms with Gasteiger partial charge >= 0.3 is 0 Å². The fourth-order valence-electron chi connectivity index (χ4n) is 5.24. The van der Waals surface area contributed by atoms with Crippen LogP contribution in [-0.2, 0) is 33.7 Å². The summed E-state index contributed by atoms with van der Waals surface area (Å²) in [5, 5.41) is 0. The maximum atomic E-state index is 13.2. The van der Waals surface area contributed by atoms with E-state index < -0.39 is 0 Å². The van der Waals surface area contributed by atoms with E-state index in [9.17, 15) is 9.59 Å². The lowest BCUT2D eigenvalue weighted by Gasteiger charge is -2.34. The molecule has 3 heterocycles. The fourth-order valence-corrected chi connectivity index (χ4v) is 5.24. The summed E-state index contributed by atoms with van der Waals surface area (Å²) >= 11 is 0. The highest BCUT2D eigenvalue weighted by Crippen LogP contribution is 2.19. The predicted molar refractivity (Wildman–Crippen MR) is 168 cm³/mol. The Balaban J connectivity index is 1.13. The molecule has 0 saturated carbocycles. The first-order valence-corrected chi connectivity index (χ1v) is 15.0. The highest BCUT2D eigenvalue weighted by Gasteiger charge is 2.21. The number of piperazine rings is 1. The Morgan fingerprint density at radius 3 is 2.45 bits per heavy atom. The Hall–Kier alpha value is -4.31. The zero-order valence-electron chi connectivity index (χ0n) is 25.4. The normalized spacial score (nSPS) is 13.6.